The lowest BCUT2D eigenvalue weighted by molar-refractivity contribution is -0.118. The fraction of sp³-hybridized carbons (Fsp3) is 0.286. The second-order valence-corrected chi connectivity index (χ2v) is 10.7. The molecule has 0 aliphatic heterocycles. The molecule has 0 atom stereocenters. The monoisotopic (exact) mass is 564 g/mol. The molecule has 39 heavy (non-hydrogen) atoms. The second-order valence-electron chi connectivity index (χ2n) is 8.71. The number of thioether (sulfide) groups is 1. The fourth-order valence-electron chi connectivity index (χ4n) is 4.46. The number of aromatic hydroxyl groups is 1. The van der Waals surface area contributed by atoms with E-state index in [-0.39, 0.29) is 23.0 Å². The number of hydrogen-bond donors (Lipinski definition) is 2. The Kier molecular flexibility index (Phi) is 8.18. The van der Waals surface area contributed by atoms with Crippen molar-refractivity contribution in [3.63, 3.8) is 0 Å². The number of aromatic nitrogens is 2. The molecule has 2 N–H and O–H groups in total. The van der Waals surface area contributed by atoms with Gasteiger partial charge in [0.25, 0.3) is 11.5 Å². The van der Waals surface area contributed by atoms with Crippen LogP contribution < -0.4 is 20.5 Å². The summed E-state index contributed by atoms with van der Waals surface area (Å²) in [7, 11) is 0. The Balaban J connectivity index is 1.38. The van der Waals surface area contributed by atoms with Crippen LogP contribution in [0.25, 0.3) is 15.9 Å². The summed E-state index contributed by atoms with van der Waals surface area (Å²) in [5.41, 5.74) is 4.51. The van der Waals surface area contributed by atoms with E-state index in [1.54, 1.807) is 34.1 Å². The van der Waals surface area contributed by atoms with E-state index >= 15 is 0 Å². The SMILES string of the molecule is CCOc1ccc(-n2c(SCC(=O)N/N=C/c3cccc(OCC)c3O)nc3sc4c(c3c2=O)CCC4)cc1. The van der Waals surface area contributed by atoms with Crippen molar-refractivity contribution in [3.05, 3.63) is 68.8 Å². The van der Waals surface area contributed by atoms with Crippen molar-refractivity contribution in [3.8, 4) is 22.9 Å². The highest BCUT2D eigenvalue weighted by Crippen LogP contribution is 2.36. The molecular formula is C28H28N4O5S2. The fourth-order valence-corrected chi connectivity index (χ4v) is 6.57. The number of carbonyl (C=O) groups excluding carboxylic acids is 1. The molecule has 1 amide bonds. The summed E-state index contributed by atoms with van der Waals surface area (Å²) in [5, 5.41) is 15.4. The quantitative estimate of drug-likeness (QED) is 0.124. The first-order valence-electron chi connectivity index (χ1n) is 12.7. The van der Waals surface area contributed by atoms with Gasteiger partial charge in [-0.2, -0.15) is 5.10 Å². The third-order valence-corrected chi connectivity index (χ3v) is 8.29. The predicted molar refractivity (Wildman–Crippen MR) is 154 cm³/mol. The normalized spacial score (nSPS) is 12.7. The van der Waals surface area contributed by atoms with Gasteiger partial charge < -0.3 is 14.6 Å². The van der Waals surface area contributed by atoms with Gasteiger partial charge in [0.2, 0.25) is 0 Å². The number of aryl methyl sites for hydroxylation is 2. The lowest BCUT2D eigenvalue weighted by atomic mass is 10.2. The Morgan fingerprint density at radius 1 is 1.18 bits per heavy atom. The van der Waals surface area contributed by atoms with Crippen LogP contribution in [0.2, 0.25) is 0 Å². The molecule has 9 nitrogen and oxygen atoms in total. The molecule has 0 unspecified atom stereocenters. The minimum atomic E-state index is -0.377. The number of rotatable bonds is 10. The van der Waals surface area contributed by atoms with E-state index in [1.165, 1.54) is 11.1 Å². The summed E-state index contributed by atoms with van der Waals surface area (Å²) >= 11 is 2.73. The number of phenols is 1. The molecule has 202 valence electrons. The molecule has 1 aliphatic carbocycles. The van der Waals surface area contributed by atoms with Gasteiger partial charge in [0.05, 0.1) is 36.3 Å². The van der Waals surface area contributed by atoms with E-state index in [2.05, 4.69) is 10.5 Å². The number of amides is 1. The van der Waals surface area contributed by atoms with Crippen molar-refractivity contribution in [2.24, 2.45) is 5.10 Å². The van der Waals surface area contributed by atoms with Crippen molar-refractivity contribution in [1.82, 2.24) is 15.0 Å². The minimum Gasteiger partial charge on any atom is -0.504 e. The maximum Gasteiger partial charge on any atom is 0.267 e. The maximum absolute atomic E-state index is 13.8. The second kappa shape index (κ2) is 11.9. The molecule has 11 heteroatoms. The average Bonchev–Trinajstić information content (AvgIpc) is 3.52. The summed E-state index contributed by atoms with van der Waals surface area (Å²) in [4.78, 5) is 33.2. The highest BCUT2D eigenvalue weighted by atomic mass is 32.2. The van der Waals surface area contributed by atoms with Crippen molar-refractivity contribution in [2.75, 3.05) is 19.0 Å². The topological polar surface area (TPSA) is 115 Å². The standard InChI is InChI=1S/C28H28N4O5S2/c1-3-36-19-13-11-18(12-14-19)32-27(35)24-20-8-6-10-22(20)39-26(24)30-28(32)38-16-23(33)31-29-15-17-7-5-9-21(25(17)34)37-4-2/h5,7,9,11-15,34H,3-4,6,8,10,16H2,1-2H3,(H,31,33)/b29-15+. The number of fused-ring (bicyclic) bond motifs is 3. The molecule has 0 saturated heterocycles. The molecule has 4 aromatic rings. The van der Waals surface area contributed by atoms with E-state index in [0.29, 0.717) is 51.3 Å². The van der Waals surface area contributed by atoms with Crippen LogP contribution in [0.15, 0.2) is 57.5 Å². The average molecular weight is 565 g/mol. The van der Waals surface area contributed by atoms with Gasteiger partial charge in [0.15, 0.2) is 16.7 Å². The number of phenolic OH excluding ortho intramolecular Hbond substituents is 1. The van der Waals surface area contributed by atoms with Crippen LogP contribution in [0.5, 0.6) is 17.2 Å². The van der Waals surface area contributed by atoms with Crippen LogP contribution in [0.3, 0.4) is 0 Å². The predicted octanol–water partition coefficient (Wildman–Crippen LogP) is 4.68. The zero-order valence-electron chi connectivity index (χ0n) is 21.6. The van der Waals surface area contributed by atoms with Gasteiger partial charge in [-0.1, -0.05) is 17.8 Å². The molecule has 0 saturated carbocycles. The first-order valence-corrected chi connectivity index (χ1v) is 14.5. The van der Waals surface area contributed by atoms with Crippen LogP contribution in [0.4, 0.5) is 0 Å². The molecule has 0 spiro atoms. The number of para-hydroxylation sites is 1. The number of hydrazone groups is 1. The molecule has 1 aliphatic rings. The number of thiophene rings is 1. The summed E-state index contributed by atoms with van der Waals surface area (Å²) in [6.45, 7) is 4.70. The molecular weight excluding hydrogens is 536 g/mol. The number of benzene rings is 2. The highest BCUT2D eigenvalue weighted by Gasteiger charge is 2.24. The van der Waals surface area contributed by atoms with Crippen LogP contribution >= 0.6 is 23.1 Å². The van der Waals surface area contributed by atoms with Crippen LogP contribution in [-0.2, 0) is 17.6 Å². The summed E-state index contributed by atoms with van der Waals surface area (Å²) in [6, 6.07) is 12.3. The number of ether oxygens (including phenoxy) is 2. The third-order valence-electron chi connectivity index (χ3n) is 6.17. The van der Waals surface area contributed by atoms with E-state index < -0.39 is 0 Å². The number of nitrogens with zero attached hydrogens (tertiary/aromatic N) is 3. The number of carbonyl (C=O) groups is 1. The molecule has 5 rings (SSSR count). The van der Waals surface area contributed by atoms with Gasteiger partial charge in [-0.25, -0.2) is 10.4 Å². The van der Waals surface area contributed by atoms with Crippen molar-refractivity contribution < 1.29 is 19.4 Å². The number of hydrogen-bond acceptors (Lipinski definition) is 9. The zero-order chi connectivity index (χ0) is 27.4. The van der Waals surface area contributed by atoms with Gasteiger partial charge in [0, 0.05) is 10.4 Å². The molecule has 0 bridgehead atoms. The molecule has 2 heterocycles. The van der Waals surface area contributed by atoms with Gasteiger partial charge in [-0.3, -0.25) is 14.2 Å². The summed E-state index contributed by atoms with van der Waals surface area (Å²) in [5.74, 6) is 0.618. The van der Waals surface area contributed by atoms with Crippen LogP contribution in [0, 0.1) is 0 Å². The Morgan fingerprint density at radius 2 is 1.97 bits per heavy atom. The van der Waals surface area contributed by atoms with Gasteiger partial charge in [-0.15, -0.1) is 11.3 Å². The Morgan fingerprint density at radius 3 is 2.74 bits per heavy atom. The molecule has 0 radical (unpaired) electrons. The summed E-state index contributed by atoms with van der Waals surface area (Å²) < 4.78 is 12.5. The Labute approximate surface area is 233 Å². The van der Waals surface area contributed by atoms with Crippen molar-refractivity contribution >= 4 is 45.4 Å². The third kappa shape index (κ3) is 5.64. The molecule has 0 fully saturated rings. The van der Waals surface area contributed by atoms with Gasteiger partial charge in [-0.05, 0) is 75.1 Å². The maximum atomic E-state index is 13.8. The molecule has 2 aromatic carbocycles. The van der Waals surface area contributed by atoms with Crippen molar-refractivity contribution in [2.45, 2.75) is 38.3 Å². The summed E-state index contributed by atoms with van der Waals surface area (Å²) in [6.07, 6.45) is 4.24. The lowest BCUT2D eigenvalue weighted by Gasteiger charge is -2.13. The van der Waals surface area contributed by atoms with E-state index in [4.69, 9.17) is 14.5 Å². The van der Waals surface area contributed by atoms with Gasteiger partial charge in [0.1, 0.15) is 10.6 Å². The first-order chi connectivity index (χ1) is 19.0. The number of nitrogens with one attached hydrogen (secondary N) is 1. The zero-order valence-corrected chi connectivity index (χ0v) is 23.2. The smallest absolute Gasteiger partial charge is 0.267 e. The van der Waals surface area contributed by atoms with E-state index in [1.807, 2.05) is 38.1 Å². The Hall–Kier alpha value is -3.83. The van der Waals surface area contributed by atoms with Crippen LogP contribution in [0.1, 0.15) is 36.3 Å². The highest BCUT2D eigenvalue weighted by molar-refractivity contribution is 7.99. The van der Waals surface area contributed by atoms with Crippen LogP contribution in [-0.4, -0.2) is 45.7 Å². The first kappa shape index (κ1) is 26.8. The largest absolute Gasteiger partial charge is 0.504 e. The lowest BCUT2D eigenvalue weighted by Crippen LogP contribution is -2.24. The minimum absolute atomic E-state index is 0.0115. The van der Waals surface area contributed by atoms with E-state index in [9.17, 15) is 14.7 Å². The molecule has 2 aromatic heterocycles. The van der Waals surface area contributed by atoms with Crippen molar-refractivity contribution in [1.29, 1.82) is 0 Å². The Bertz CT molecular complexity index is 1590. The van der Waals surface area contributed by atoms with E-state index in [0.717, 1.165) is 36.6 Å². The van der Waals surface area contributed by atoms with Gasteiger partial charge >= 0.3 is 0 Å².